The van der Waals surface area contributed by atoms with Gasteiger partial charge in [0, 0.05) is 5.02 Å². The van der Waals surface area contributed by atoms with E-state index < -0.39 is 17.8 Å². The van der Waals surface area contributed by atoms with Crippen molar-refractivity contribution >= 4 is 35.1 Å². The van der Waals surface area contributed by atoms with E-state index in [1.54, 1.807) is 48.5 Å². The van der Waals surface area contributed by atoms with E-state index >= 15 is 0 Å². The lowest BCUT2D eigenvalue weighted by Gasteiger charge is -2.14. The number of nitrogens with zero attached hydrogens (tertiary/aromatic N) is 1. The largest absolute Gasteiger partial charge is 0.494 e. The average molecular weight is 466 g/mol. The molecule has 7 nitrogen and oxygen atoms in total. The van der Waals surface area contributed by atoms with Gasteiger partial charge in [0.15, 0.2) is 0 Å². The fourth-order valence-electron chi connectivity index (χ4n) is 3.39. The summed E-state index contributed by atoms with van der Waals surface area (Å²) in [4.78, 5) is 39.2. The Balaban J connectivity index is 1.41. The number of hydrogen-bond acceptors (Lipinski definition) is 6. The third kappa shape index (κ3) is 4.83. The van der Waals surface area contributed by atoms with Crippen molar-refractivity contribution in [3.05, 3.63) is 88.4 Å². The highest BCUT2D eigenvalue weighted by molar-refractivity contribution is 6.34. The molecule has 0 fully saturated rings. The van der Waals surface area contributed by atoms with Gasteiger partial charge in [-0.05, 0) is 67.6 Å². The Labute approximate surface area is 195 Å². The number of carbonyl (C=O) groups excluding carboxylic acids is 3. The summed E-state index contributed by atoms with van der Waals surface area (Å²) in [6.07, 6.45) is 0. The van der Waals surface area contributed by atoms with Gasteiger partial charge in [0.05, 0.1) is 29.0 Å². The van der Waals surface area contributed by atoms with Crippen molar-refractivity contribution in [2.24, 2.45) is 0 Å². The summed E-state index contributed by atoms with van der Waals surface area (Å²) >= 11 is 5.90. The molecule has 2 amide bonds. The molecule has 4 rings (SSSR count). The van der Waals surface area contributed by atoms with Gasteiger partial charge >= 0.3 is 5.97 Å². The normalized spacial score (nSPS) is 12.5. The Hall–Kier alpha value is -3.84. The van der Waals surface area contributed by atoms with E-state index in [0.717, 1.165) is 4.90 Å². The lowest BCUT2D eigenvalue weighted by Crippen LogP contribution is -2.29. The van der Waals surface area contributed by atoms with E-state index in [-0.39, 0.29) is 29.9 Å². The number of anilines is 1. The van der Waals surface area contributed by atoms with Crippen LogP contribution in [0.4, 0.5) is 5.69 Å². The molecular formula is C25H20ClNO6. The summed E-state index contributed by atoms with van der Waals surface area (Å²) in [5, 5.41) is 0.543. The van der Waals surface area contributed by atoms with Gasteiger partial charge in [-0.25, -0.2) is 9.69 Å². The summed E-state index contributed by atoms with van der Waals surface area (Å²) < 4.78 is 16.1. The number of ether oxygens (including phenoxy) is 3. The minimum Gasteiger partial charge on any atom is -0.494 e. The first-order valence-corrected chi connectivity index (χ1v) is 10.7. The molecule has 0 unspecified atom stereocenters. The Bertz CT molecular complexity index is 1210. The van der Waals surface area contributed by atoms with Crippen LogP contribution < -0.4 is 14.4 Å². The first-order chi connectivity index (χ1) is 16.0. The molecule has 0 bridgehead atoms. The molecule has 1 heterocycles. The lowest BCUT2D eigenvalue weighted by molar-refractivity contribution is 0.0450. The predicted octanol–water partition coefficient (Wildman–Crippen LogP) is 4.78. The highest BCUT2D eigenvalue weighted by Gasteiger charge is 2.37. The minimum absolute atomic E-state index is 0.00755. The number of esters is 1. The van der Waals surface area contributed by atoms with Crippen LogP contribution in [-0.4, -0.2) is 37.6 Å². The Morgan fingerprint density at radius 1 is 0.848 bits per heavy atom. The van der Waals surface area contributed by atoms with Crippen molar-refractivity contribution in [3.8, 4) is 11.5 Å². The van der Waals surface area contributed by atoms with Crippen LogP contribution >= 0.6 is 11.6 Å². The van der Waals surface area contributed by atoms with Gasteiger partial charge in [-0.15, -0.1) is 0 Å². The molecule has 1 aliphatic rings. The number of hydrogen-bond donors (Lipinski definition) is 0. The zero-order chi connectivity index (χ0) is 23.4. The number of imide groups is 1. The fraction of sp³-hybridized carbons (Fsp3) is 0.160. The highest BCUT2D eigenvalue weighted by Crippen LogP contribution is 2.30. The molecule has 8 heteroatoms. The van der Waals surface area contributed by atoms with Gasteiger partial charge in [0.1, 0.15) is 24.7 Å². The third-order valence-corrected chi connectivity index (χ3v) is 5.14. The van der Waals surface area contributed by atoms with Crippen molar-refractivity contribution in [1.29, 1.82) is 0 Å². The number of benzene rings is 3. The molecule has 0 aromatic heterocycles. The summed E-state index contributed by atoms with van der Waals surface area (Å²) in [6, 6.07) is 17.8. The van der Waals surface area contributed by atoms with Crippen LogP contribution in [0.25, 0.3) is 0 Å². The lowest BCUT2D eigenvalue weighted by atomic mass is 10.1. The quantitative estimate of drug-likeness (QED) is 0.270. The van der Waals surface area contributed by atoms with Crippen molar-refractivity contribution in [3.63, 3.8) is 0 Å². The van der Waals surface area contributed by atoms with E-state index in [9.17, 15) is 14.4 Å². The number of fused-ring (bicyclic) bond motifs is 1. The number of carbonyl (C=O) groups is 3. The first kappa shape index (κ1) is 22.4. The number of rotatable bonds is 8. The average Bonchev–Trinajstić information content (AvgIpc) is 3.07. The van der Waals surface area contributed by atoms with Crippen LogP contribution in [0.15, 0.2) is 66.7 Å². The molecule has 3 aromatic carbocycles. The van der Waals surface area contributed by atoms with E-state index in [1.165, 1.54) is 18.2 Å². The zero-order valence-electron chi connectivity index (χ0n) is 17.7. The van der Waals surface area contributed by atoms with Crippen molar-refractivity contribution in [2.75, 3.05) is 24.7 Å². The van der Waals surface area contributed by atoms with Crippen molar-refractivity contribution in [1.82, 2.24) is 0 Å². The standard InChI is InChI=1S/C25H20ClNO6/c1-2-31-19-9-7-18(8-10-19)27-23(28)21-11-6-16(14-22(21)24(27)29)25(30)33-13-12-32-20-5-3-4-17(26)15-20/h3-11,14-15H,2,12-13H2,1H3. The summed E-state index contributed by atoms with van der Waals surface area (Å²) in [5.41, 5.74) is 0.978. The summed E-state index contributed by atoms with van der Waals surface area (Å²) in [6.45, 7) is 2.53. The second kappa shape index (κ2) is 9.75. The molecule has 0 aliphatic carbocycles. The van der Waals surface area contributed by atoms with E-state index in [2.05, 4.69) is 0 Å². The smallest absolute Gasteiger partial charge is 0.338 e. The SMILES string of the molecule is CCOc1ccc(N2C(=O)c3ccc(C(=O)OCCOc4cccc(Cl)c4)cc3C2=O)cc1. The van der Waals surface area contributed by atoms with E-state index in [4.69, 9.17) is 25.8 Å². The van der Waals surface area contributed by atoms with Crippen molar-refractivity contribution in [2.45, 2.75) is 6.92 Å². The van der Waals surface area contributed by atoms with Crippen molar-refractivity contribution < 1.29 is 28.6 Å². The third-order valence-electron chi connectivity index (χ3n) is 4.91. The predicted molar refractivity (Wildman–Crippen MR) is 122 cm³/mol. The Morgan fingerprint density at radius 3 is 2.33 bits per heavy atom. The molecule has 0 atom stereocenters. The topological polar surface area (TPSA) is 82.1 Å². The Kier molecular flexibility index (Phi) is 6.60. The molecule has 0 saturated heterocycles. The second-order valence-electron chi connectivity index (χ2n) is 7.07. The molecule has 0 N–H and O–H groups in total. The van der Waals surface area contributed by atoms with E-state index in [0.29, 0.717) is 28.8 Å². The minimum atomic E-state index is -0.618. The molecular weight excluding hydrogens is 446 g/mol. The van der Waals surface area contributed by atoms with Gasteiger partial charge < -0.3 is 14.2 Å². The van der Waals surface area contributed by atoms with Crippen LogP contribution in [0.2, 0.25) is 5.02 Å². The fourth-order valence-corrected chi connectivity index (χ4v) is 3.57. The van der Waals surface area contributed by atoms with Crippen LogP contribution in [0.5, 0.6) is 11.5 Å². The molecule has 168 valence electrons. The number of amides is 2. The van der Waals surface area contributed by atoms with Crippen LogP contribution in [0, 0.1) is 0 Å². The Morgan fingerprint density at radius 2 is 1.61 bits per heavy atom. The molecule has 3 aromatic rings. The maximum atomic E-state index is 12.9. The van der Waals surface area contributed by atoms with Gasteiger partial charge in [0.25, 0.3) is 11.8 Å². The maximum Gasteiger partial charge on any atom is 0.338 e. The first-order valence-electron chi connectivity index (χ1n) is 10.3. The highest BCUT2D eigenvalue weighted by atomic mass is 35.5. The summed E-state index contributed by atoms with van der Waals surface area (Å²) in [5.74, 6) is -0.365. The molecule has 33 heavy (non-hydrogen) atoms. The second-order valence-corrected chi connectivity index (χ2v) is 7.51. The molecule has 0 radical (unpaired) electrons. The number of halogens is 1. The van der Waals surface area contributed by atoms with Gasteiger partial charge in [-0.2, -0.15) is 0 Å². The van der Waals surface area contributed by atoms with E-state index in [1.807, 2.05) is 6.92 Å². The molecule has 0 spiro atoms. The van der Waals surface area contributed by atoms with Crippen LogP contribution in [0.1, 0.15) is 38.0 Å². The van der Waals surface area contributed by atoms with Gasteiger partial charge in [-0.1, -0.05) is 17.7 Å². The monoisotopic (exact) mass is 465 g/mol. The summed E-state index contributed by atoms with van der Waals surface area (Å²) in [7, 11) is 0. The maximum absolute atomic E-state index is 12.9. The molecule has 0 saturated carbocycles. The van der Waals surface area contributed by atoms with Crippen LogP contribution in [0.3, 0.4) is 0 Å². The van der Waals surface area contributed by atoms with Crippen LogP contribution in [-0.2, 0) is 4.74 Å². The van der Waals surface area contributed by atoms with Gasteiger partial charge in [-0.3, -0.25) is 9.59 Å². The van der Waals surface area contributed by atoms with Gasteiger partial charge in [0.2, 0.25) is 0 Å². The zero-order valence-corrected chi connectivity index (χ0v) is 18.5. The molecule has 1 aliphatic heterocycles.